The Bertz CT molecular complexity index is 1810. The molecule has 0 spiro atoms. The summed E-state index contributed by atoms with van der Waals surface area (Å²) in [5, 5.41) is 16.0. The Labute approximate surface area is 307 Å². The molecule has 0 aromatic heterocycles. The molecule has 9 aliphatic rings. The van der Waals surface area contributed by atoms with Gasteiger partial charge in [-0.1, -0.05) is 97.1 Å². The summed E-state index contributed by atoms with van der Waals surface area (Å²) >= 11 is 0. The van der Waals surface area contributed by atoms with E-state index in [1.807, 2.05) is 97.1 Å². The molecule has 0 unspecified atom stereocenters. The second kappa shape index (κ2) is 16.7. The first-order valence-corrected chi connectivity index (χ1v) is 16.6. The molecular formula is C38H32N8O8. The first kappa shape index (κ1) is 35.7. The molecule has 272 valence electrons. The van der Waals surface area contributed by atoms with Crippen molar-refractivity contribution in [2.75, 3.05) is 13.6 Å². The summed E-state index contributed by atoms with van der Waals surface area (Å²) in [5.74, 6) is -2.60. The molecule has 4 N–H and O–H groups in total. The maximum absolute atomic E-state index is 12.8. The van der Waals surface area contributed by atoms with Gasteiger partial charge in [0.1, 0.15) is 13.6 Å². The summed E-state index contributed by atoms with van der Waals surface area (Å²) in [6, 6.07) is 29.7. The van der Waals surface area contributed by atoms with Crippen molar-refractivity contribution < 1.29 is 38.1 Å². The SMILES string of the molecule is O=C1NN=Cc2ccc(cc2)-c2ccc(cc2)/C=N\NC(=O)[C@H]2OCO[C@@H]2C(=O)NN=Cc2ccc(cc2)-c2ccc(cc2)/C=N\NC(=O)[C@H]2OCO[C@H]12. The van der Waals surface area contributed by atoms with Crippen LogP contribution in [0.5, 0.6) is 0 Å². The van der Waals surface area contributed by atoms with Crippen LogP contribution in [0.15, 0.2) is 117 Å². The lowest BCUT2D eigenvalue weighted by molar-refractivity contribution is -0.137. The van der Waals surface area contributed by atoms with E-state index in [1.54, 1.807) is 0 Å². The third-order valence-electron chi connectivity index (χ3n) is 8.44. The van der Waals surface area contributed by atoms with Gasteiger partial charge < -0.3 is 18.9 Å². The highest BCUT2D eigenvalue weighted by Gasteiger charge is 2.41. The lowest BCUT2D eigenvalue weighted by Crippen LogP contribution is -2.45. The summed E-state index contributed by atoms with van der Waals surface area (Å²) in [6.45, 7) is -0.486. The van der Waals surface area contributed by atoms with Crippen LogP contribution in [-0.2, 0) is 38.1 Å². The summed E-state index contributed by atoms with van der Waals surface area (Å²) in [6.07, 6.45) is 0.965. The second-order valence-corrected chi connectivity index (χ2v) is 12.0. The minimum Gasteiger partial charge on any atom is -0.339 e. The maximum atomic E-state index is 12.8. The molecule has 0 aliphatic carbocycles. The molecule has 9 aliphatic heterocycles. The monoisotopic (exact) mass is 728 g/mol. The van der Waals surface area contributed by atoms with Gasteiger partial charge in [-0.3, -0.25) is 19.2 Å². The highest BCUT2D eigenvalue weighted by atomic mass is 16.7. The minimum absolute atomic E-state index is 0.243. The first-order valence-electron chi connectivity index (χ1n) is 16.6. The Kier molecular flexibility index (Phi) is 11.1. The lowest BCUT2D eigenvalue weighted by Gasteiger charge is -2.13. The number of amides is 4. The van der Waals surface area contributed by atoms with E-state index in [-0.39, 0.29) is 13.6 Å². The Morgan fingerprint density at radius 2 is 0.556 bits per heavy atom. The van der Waals surface area contributed by atoms with E-state index in [0.717, 1.165) is 22.3 Å². The lowest BCUT2D eigenvalue weighted by atomic mass is 10.0. The number of benzene rings is 4. The number of hydrogen-bond donors (Lipinski definition) is 4. The van der Waals surface area contributed by atoms with Gasteiger partial charge in [-0.2, -0.15) is 20.4 Å². The van der Waals surface area contributed by atoms with Crippen molar-refractivity contribution in [3.05, 3.63) is 119 Å². The van der Waals surface area contributed by atoms with Gasteiger partial charge in [0.25, 0.3) is 23.6 Å². The quantitative estimate of drug-likeness (QED) is 0.211. The predicted octanol–water partition coefficient (Wildman–Crippen LogP) is 2.02. The van der Waals surface area contributed by atoms with Crippen molar-refractivity contribution >= 4 is 48.5 Å². The van der Waals surface area contributed by atoms with E-state index in [2.05, 4.69) is 42.1 Å². The fourth-order valence-corrected chi connectivity index (χ4v) is 5.56. The van der Waals surface area contributed by atoms with E-state index in [1.165, 1.54) is 24.9 Å². The Morgan fingerprint density at radius 3 is 0.759 bits per heavy atom. The molecule has 8 bridgehead atoms. The molecule has 0 saturated carbocycles. The zero-order valence-electron chi connectivity index (χ0n) is 28.3. The maximum Gasteiger partial charge on any atom is 0.272 e. The second-order valence-electron chi connectivity index (χ2n) is 12.0. The molecule has 2 fully saturated rings. The molecule has 54 heavy (non-hydrogen) atoms. The minimum atomic E-state index is -1.22. The summed E-state index contributed by atoms with van der Waals surface area (Å²) in [7, 11) is 0. The summed E-state index contributed by atoms with van der Waals surface area (Å²) in [4.78, 5) is 51.2. The van der Waals surface area contributed by atoms with Gasteiger partial charge >= 0.3 is 0 Å². The number of ether oxygens (including phenoxy) is 4. The van der Waals surface area contributed by atoms with Gasteiger partial charge in [-0.05, 0) is 44.5 Å². The molecule has 2 saturated heterocycles. The van der Waals surface area contributed by atoms with E-state index in [9.17, 15) is 19.2 Å². The van der Waals surface area contributed by atoms with Crippen LogP contribution in [0.2, 0.25) is 0 Å². The largest absolute Gasteiger partial charge is 0.339 e. The van der Waals surface area contributed by atoms with E-state index in [4.69, 9.17) is 18.9 Å². The van der Waals surface area contributed by atoms with Crippen LogP contribution in [0.4, 0.5) is 0 Å². The first-order chi connectivity index (χ1) is 26.4. The van der Waals surface area contributed by atoms with Crippen molar-refractivity contribution in [2.24, 2.45) is 20.4 Å². The highest BCUT2D eigenvalue weighted by molar-refractivity contribution is 5.94. The average molecular weight is 729 g/mol. The van der Waals surface area contributed by atoms with E-state index < -0.39 is 48.0 Å². The van der Waals surface area contributed by atoms with Crippen molar-refractivity contribution in [3.63, 3.8) is 0 Å². The van der Waals surface area contributed by atoms with Crippen molar-refractivity contribution in [1.82, 2.24) is 21.7 Å². The van der Waals surface area contributed by atoms with E-state index in [0.29, 0.717) is 22.3 Å². The van der Waals surface area contributed by atoms with Crippen molar-refractivity contribution in [1.29, 1.82) is 0 Å². The zero-order valence-corrected chi connectivity index (χ0v) is 28.3. The molecule has 4 aromatic rings. The summed E-state index contributed by atoms with van der Waals surface area (Å²) in [5.41, 5.74) is 16.1. The highest BCUT2D eigenvalue weighted by Crippen LogP contribution is 2.22. The van der Waals surface area contributed by atoms with Crippen LogP contribution in [-0.4, -0.2) is 86.5 Å². The topological polar surface area (TPSA) is 203 Å². The number of carbonyl (C=O) groups is 4. The van der Waals surface area contributed by atoms with E-state index >= 15 is 0 Å². The van der Waals surface area contributed by atoms with Crippen molar-refractivity contribution in [3.8, 4) is 22.3 Å². The molecule has 9 heterocycles. The van der Waals surface area contributed by atoms with Gasteiger partial charge in [0.05, 0.1) is 24.9 Å². The van der Waals surface area contributed by atoms with Crippen LogP contribution < -0.4 is 21.7 Å². The number of nitrogens with one attached hydrogen (secondary N) is 4. The molecule has 4 atom stereocenters. The van der Waals surface area contributed by atoms with Crippen molar-refractivity contribution in [2.45, 2.75) is 24.4 Å². The molecule has 0 radical (unpaired) electrons. The fraction of sp³-hybridized carbons (Fsp3) is 0.158. The molecule has 4 aromatic carbocycles. The Balaban J connectivity index is 1.07. The van der Waals surface area contributed by atoms with Gasteiger partial charge in [0.15, 0.2) is 24.4 Å². The van der Waals surface area contributed by atoms with Crippen LogP contribution in [0.3, 0.4) is 0 Å². The van der Waals surface area contributed by atoms with Gasteiger partial charge in [-0.25, -0.2) is 21.7 Å². The number of nitrogens with zero attached hydrogens (tertiary/aromatic N) is 4. The zero-order chi connectivity index (χ0) is 37.3. The Morgan fingerprint density at radius 1 is 0.352 bits per heavy atom. The number of rotatable bonds is 0. The third kappa shape index (κ3) is 8.66. The van der Waals surface area contributed by atoms with Crippen LogP contribution in [0, 0.1) is 0 Å². The molecule has 16 heteroatoms. The number of carbonyl (C=O) groups excluding carboxylic acids is 4. The third-order valence-corrected chi connectivity index (χ3v) is 8.44. The van der Waals surface area contributed by atoms with Crippen LogP contribution in [0.1, 0.15) is 22.3 Å². The van der Waals surface area contributed by atoms with Crippen LogP contribution in [0.25, 0.3) is 22.3 Å². The molecule has 16 nitrogen and oxygen atoms in total. The van der Waals surface area contributed by atoms with Gasteiger partial charge in [0, 0.05) is 0 Å². The van der Waals surface area contributed by atoms with Gasteiger partial charge in [-0.15, -0.1) is 0 Å². The fourth-order valence-electron chi connectivity index (χ4n) is 5.56. The smallest absolute Gasteiger partial charge is 0.272 e. The molecule has 13 rings (SSSR count). The average Bonchev–Trinajstić information content (AvgIpc) is 3.90. The Hall–Kier alpha value is -6.72. The number of hydrogen-bond acceptors (Lipinski definition) is 12. The van der Waals surface area contributed by atoms with Gasteiger partial charge in [0.2, 0.25) is 0 Å². The summed E-state index contributed by atoms with van der Waals surface area (Å²) < 4.78 is 21.4. The predicted molar refractivity (Wildman–Crippen MR) is 196 cm³/mol. The van der Waals surface area contributed by atoms with Crippen LogP contribution >= 0.6 is 0 Å². The molecular weight excluding hydrogens is 696 g/mol. The number of hydrazone groups is 4. The standard InChI is InChI=1S/C38H32N8O8/c47-35-31-32(52-21-51-31)36(48)44-41-19-25-5-13-29(14-6-25)30-15-7-26(8-16-30)20-42-46-38(50)34-33(53-22-54-34)37(49)45-40-18-24-3-11-28(12-4-24)27-9-1-23(2-10-27)17-39-43-35/h1-20,31-34H,21-22H2,(H,43,47)(H,44,48)(H,45,49)(H,46,50)/b39-17-,40-18?,41-19?,42-20-/t31-,32-,33-,34-/m0/s1. The normalized spacial score (nSPS) is 23.3. The molecule has 4 amide bonds.